The molecule has 20 heavy (non-hydrogen) atoms. The molecule has 100 valence electrons. The van der Waals surface area contributed by atoms with E-state index in [1.54, 1.807) is 30.5 Å². The van der Waals surface area contributed by atoms with Crippen molar-refractivity contribution in [1.29, 1.82) is 0 Å². The number of rotatable bonds is 1. The highest BCUT2D eigenvalue weighted by Crippen LogP contribution is 2.23. The number of halogens is 1. The van der Waals surface area contributed by atoms with Gasteiger partial charge in [-0.2, -0.15) is 0 Å². The Morgan fingerprint density at radius 3 is 2.85 bits per heavy atom. The topological polar surface area (TPSA) is 50.3 Å². The third-order valence-corrected chi connectivity index (χ3v) is 3.77. The SMILES string of the molecule is O=C(c1ccccn1)N1CCc2ccc(Br)cc2C1=O. The van der Waals surface area contributed by atoms with E-state index >= 15 is 0 Å². The number of imide groups is 1. The fourth-order valence-corrected chi connectivity index (χ4v) is 2.63. The number of pyridine rings is 1. The van der Waals surface area contributed by atoms with Crippen LogP contribution in [0.4, 0.5) is 0 Å². The fraction of sp³-hybridized carbons (Fsp3) is 0.133. The normalized spacial score (nSPS) is 14.1. The highest BCUT2D eigenvalue weighted by molar-refractivity contribution is 9.10. The summed E-state index contributed by atoms with van der Waals surface area (Å²) in [5, 5.41) is 0. The van der Waals surface area contributed by atoms with Gasteiger partial charge in [0.2, 0.25) is 0 Å². The van der Waals surface area contributed by atoms with E-state index in [0.29, 0.717) is 24.2 Å². The van der Waals surface area contributed by atoms with Crippen LogP contribution in [0.1, 0.15) is 26.4 Å². The van der Waals surface area contributed by atoms with Crippen molar-refractivity contribution in [2.24, 2.45) is 0 Å². The molecule has 1 aromatic heterocycles. The first-order valence-electron chi connectivity index (χ1n) is 6.22. The summed E-state index contributed by atoms with van der Waals surface area (Å²) in [6.07, 6.45) is 2.22. The Bertz CT molecular complexity index is 686. The van der Waals surface area contributed by atoms with Crippen LogP contribution in [0.2, 0.25) is 0 Å². The first-order valence-corrected chi connectivity index (χ1v) is 7.02. The number of hydrogen-bond acceptors (Lipinski definition) is 3. The molecule has 1 aromatic carbocycles. The summed E-state index contributed by atoms with van der Waals surface area (Å²) in [5.74, 6) is -0.607. The lowest BCUT2D eigenvalue weighted by molar-refractivity contribution is 0.0601. The Kier molecular flexibility index (Phi) is 3.36. The van der Waals surface area contributed by atoms with E-state index in [0.717, 1.165) is 10.0 Å². The maximum absolute atomic E-state index is 12.4. The van der Waals surface area contributed by atoms with Crippen molar-refractivity contribution >= 4 is 27.7 Å². The number of aromatic nitrogens is 1. The first kappa shape index (κ1) is 13.0. The zero-order chi connectivity index (χ0) is 14.1. The predicted molar refractivity (Wildman–Crippen MR) is 77.5 cm³/mol. The van der Waals surface area contributed by atoms with E-state index in [4.69, 9.17) is 0 Å². The molecule has 2 heterocycles. The molecule has 2 aromatic rings. The zero-order valence-electron chi connectivity index (χ0n) is 10.5. The van der Waals surface area contributed by atoms with Crippen LogP contribution in [-0.4, -0.2) is 28.2 Å². The summed E-state index contributed by atoms with van der Waals surface area (Å²) in [7, 11) is 0. The minimum atomic E-state index is -0.346. The summed E-state index contributed by atoms with van der Waals surface area (Å²) in [6.45, 7) is 0.392. The summed E-state index contributed by atoms with van der Waals surface area (Å²) >= 11 is 3.35. The molecule has 0 radical (unpaired) electrons. The lowest BCUT2D eigenvalue weighted by Gasteiger charge is -2.26. The fourth-order valence-electron chi connectivity index (χ4n) is 2.27. The highest BCUT2D eigenvalue weighted by atomic mass is 79.9. The van der Waals surface area contributed by atoms with Crippen molar-refractivity contribution < 1.29 is 9.59 Å². The lowest BCUT2D eigenvalue weighted by atomic mass is 9.99. The molecular formula is C15H11BrN2O2. The van der Waals surface area contributed by atoms with Crippen LogP contribution in [0.3, 0.4) is 0 Å². The van der Waals surface area contributed by atoms with Crippen LogP contribution in [0.15, 0.2) is 47.1 Å². The van der Waals surface area contributed by atoms with E-state index in [2.05, 4.69) is 20.9 Å². The summed E-state index contributed by atoms with van der Waals surface area (Å²) in [4.78, 5) is 30.0. The van der Waals surface area contributed by atoms with Gasteiger partial charge in [-0.1, -0.05) is 28.1 Å². The van der Waals surface area contributed by atoms with Crippen LogP contribution < -0.4 is 0 Å². The van der Waals surface area contributed by atoms with E-state index in [9.17, 15) is 9.59 Å². The number of benzene rings is 1. The summed E-state index contributed by atoms with van der Waals surface area (Å²) in [6, 6.07) is 10.7. The zero-order valence-corrected chi connectivity index (χ0v) is 12.1. The Morgan fingerprint density at radius 2 is 2.10 bits per heavy atom. The molecule has 0 saturated heterocycles. The average molecular weight is 331 g/mol. The van der Waals surface area contributed by atoms with Gasteiger partial charge in [0.05, 0.1) is 0 Å². The van der Waals surface area contributed by atoms with Gasteiger partial charge in [-0.15, -0.1) is 0 Å². The molecule has 1 aliphatic rings. The molecule has 5 heteroatoms. The van der Waals surface area contributed by atoms with Gasteiger partial charge in [-0.3, -0.25) is 19.5 Å². The third-order valence-electron chi connectivity index (χ3n) is 3.28. The monoisotopic (exact) mass is 330 g/mol. The second kappa shape index (κ2) is 5.17. The quantitative estimate of drug-likeness (QED) is 0.755. The smallest absolute Gasteiger partial charge is 0.273 e. The van der Waals surface area contributed by atoms with E-state index < -0.39 is 0 Å². The van der Waals surface area contributed by atoms with Crippen molar-refractivity contribution in [3.05, 3.63) is 63.9 Å². The van der Waals surface area contributed by atoms with Gasteiger partial charge in [-0.25, -0.2) is 0 Å². The van der Waals surface area contributed by atoms with Gasteiger partial charge in [0, 0.05) is 22.8 Å². The summed E-state index contributed by atoms with van der Waals surface area (Å²) in [5.41, 5.74) is 1.84. The molecule has 0 bridgehead atoms. The van der Waals surface area contributed by atoms with Crippen LogP contribution >= 0.6 is 15.9 Å². The minimum absolute atomic E-state index is 0.261. The molecule has 1 aliphatic heterocycles. The van der Waals surface area contributed by atoms with Gasteiger partial charge < -0.3 is 0 Å². The number of carbonyl (C=O) groups excluding carboxylic acids is 2. The van der Waals surface area contributed by atoms with Crippen molar-refractivity contribution in [3.8, 4) is 0 Å². The Morgan fingerprint density at radius 1 is 1.25 bits per heavy atom. The number of fused-ring (bicyclic) bond motifs is 1. The largest absolute Gasteiger partial charge is 0.279 e. The van der Waals surface area contributed by atoms with Crippen molar-refractivity contribution in [3.63, 3.8) is 0 Å². The molecule has 4 nitrogen and oxygen atoms in total. The Labute approximate surface area is 124 Å². The van der Waals surface area contributed by atoms with E-state index in [1.165, 1.54) is 4.90 Å². The molecule has 0 saturated carbocycles. The molecule has 2 amide bonds. The first-order chi connectivity index (χ1) is 9.66. The van der Waals surface area contributed by atoms with Crippen LogP contribution in [0.25, 0.3) is 0 Å². The molecule has 0 spiro atoms. The summed E-state index contributed by atoms with van der Waals surface area (Å²) < 4.78 is 0.830. The molecular weight excluding hydrogens is 320 g/mol. The van der Waals surface area contributed by atoms with Gasteiger partial charge in [0.1, 0.15) is 5.69 Å². The number of nitrogens with zero attached hydrogens (tertiary/aromatic N) is 2. The van der Waals surface area contributed by atoms with Gasteiger partial charge >= 0.3 is 0 Å². The maximum atomic E-state index is 12.4. The second-order valence-corrected chi connectivity index (χ2v) is 5.44. The lowest BCUT2D eigenvalue weighted by Crippen LogP contribution is -2.42. The molecule has 3 rings (SSSR count). The van der Waals surface area contributed by atoms with Gasteiger partial charge in [0.25, 0.3) is 11.8 Å². The average Bonchev–Trinajstić information content (AvgIpc) is 2.48. The number of carbonyl (C=O) groups is 2. The molecule has 0 unspecified atom stereocenters. The Hall–Kier alpha value is -2.01. The molecule has 0 aliphatic carbocycles. The third kappa shape index (κ3) is 2.25. The number of hydrogen-bond donors (Lipinski definition) is 0. The Balaban J connectivity index is 1.94. The van der Waals surface area contributed by atoms with Crippen LogP contribution in [0, 0.1) is 0 Å². The number of amides is 2. The van der Waals surface area contributed by atoms with Crippen LogP contribution in [0.5, 0.6) is 0 Å². The predicted octanol–water partition coefficient (Wildman–Crippen LogP) is 2.68. The molecule has 0 N–H and O–H groups in total. The minimum Gasteiger partial charge on any atom is -0.273 e. The molecule has 0 fully saturated rings. The van der Waals surface area contributed by atoms with E-state index in [-0.39, 0.29) is 11.8 Å². The molecule has 0 atom stereocenters. The highest BCUT2D eigenvalue weighted by Gasteiger charge is 2.30. The van der Waals surface area contributed by atoms with Gasteiger partial charge in [0.15, 0.2) is 0 Å². The van der Waals surface area contributed by atoms with Gasteiger partial charge in [-0.05, 0) is 36.2 Å². The second-order valence-electron chi connectivity index (χ2n) is 4.53. The van der Waals surface area contributed by atoms with Crippen molar-refractivity contribution in [1.82, 2.24) is 9.88 Å². The maximum Gasteiger partial charge on any atom is 0.279 e. The standard InChI is InChI=1S/C15H11BrN2O2/c16-11-5-4-10-6-8-18(14(19)12(10)9-11)15(20)13-3-1-2-7-17-13/h1-5,7,9H,6,8H2. The van der Waals surface area contributed by atoms with E-state index in [1.807, 2.05) is 12.1 Å². The van der Waals surface area contributed by atoms with Crippen LogP contribution in [-0.2, 0) is 6.42 Å². The van der Waals surface area contributed by atoms with Crippen molar-refractivity contribution in [2.45, 2.75) is 6.42 Å². The van der Waals surface area contributed by atoms with Crippen molar-refractivity contribution in [2.75, 3.05) is 6.54 Å².